The van der Waals surface area contributed by atoms with Crippen LogP contribution in [0.1, 0.15) is 28.0 Å². The van der Waals surface area contributed by atoms with Crippen molar-refractivity contribution in [3.05, 3.63) is 65.1 Å². The van der Waals surface area contributed by atoms with Gasteiger partial charge in [0.2, 0.25) is 5.91 Å². The van der Waals surface area contributed by atoms with E-state index in [1.54, 1.807) is 11.0 Å². The molecule has 6 nitrogen and oxygen atoms in total. The average molecular weight is 382 g/mol. The Hall–Kier alpha value is -3.22. The van der Waals surface area contributed by atoms with Crippen LogP contribution < -0.4 is 0 Å². The molecule has 1 aliphatic rings. The lowest BCUT2D eigenvalue weighted by atomic mass is 9.97. The summed E-state index contributed by atoms with van der Waals surface area (Å²) in [7, 11) is 0. The van der Waals surface area contributed by atoms with Crippen LogP contribution in [0, 0.1) is 11.7 Å². The van der Waals surface area contributed by atoms with Gasteiger partial charge in [-0.25, -0.2) is 9.18 Å². The summed E-state index contributed by atoms with van der Waals surface area (Å²) in [4.78, 5) is 25.6. The summed E-state index contributed by atoms with van der Waals surface area (Å²) in [6, 6.07) is 11.6. The highest BCUT2D eigenvalue weighted by atomic mass is 19.1. The number of rotatable bonds is 5. The van der Waals surface area contributed by atoms with Crippen LogP contribution >= 0.6 is 0 Å². The second kappa shape index (κ2) is 7.42. The molecule has 28 heavy (non-hydrogen) atoms. The Kier molecular flexibility index (Phi) is 4.81. The van der Waals surface area contributed by atoms with Crippen LogP contribution in [0.25, 0.3) is 11.0 Å². The van der Waals surface area contributed by atoms with E-state index in [1.807, 2.05) is 24.3 Å². The molecule has 4 rings (SSSR count). The number of carboxylic acids is 1. The maximum Gasteiger partial charge on any atom is 0.338 e. The number of aromatic carboxylic acids is 1. The molecule has 1 unspecified atom stereocenters. The molecule has 0 radical (unpaired) electrons. The smallest absolute Gasteiger partial charge is 0.338 e. The molecular formula is C21H19FN2O4. The number of carbonyl (C=O) groups excluding carboxylic acids is 1. The molecule has 7 heteroatoms. The molecule has 0 aliphatic carbocycles. The van der Waals surface area contributed by atoms with E-state index in [0.717, 1.165) is 17.4 Å². The zero-order valence-electron chi connectivity index (χ0n) is 15.1. The second-order valence-electron chi connectivity index (χ2n) is 7.12. The first-order chi connectivity index (χ1) is 13.5. The van der Waals surface area contributed by atoms with Crippen molar-refractivity contribution in [2.75, 3.05) is 13.1 Å². The third-order valence-electron chi connectivity index (χ3n) is 5.19. The molecule has 1 atom stereocenters. The molecule has 2 heterocycles. The zero-order chi connectivity index (χ0) is 19.7. The summed E-state index contributed by atoms with van der Waals surface area (Å²) in [5.74, 6) is -1.81. The lowest BCUT2D eigenvalue weighted by Crippen LogP contribution is -2.30. The van der Waals surface area contributed by atoms with Crippen molar-refractivity contribution < 1.29 is 23.6 Å². The zero-order valence-corrected chi connectivity index (χ0v) is 15.1. The van der Waals surface area contributed by atoms with Gasteiger partial charge in [0.25, 0.3) is 0 Å². The third kappa shape index (κ3) is 3.60. The first-order valence-electron chi connectivity index (χ1n) is 9.14. The second-order valence-corrected chi connectivity index (χ2v) is 7.12. The lowest BCUT2D eigenvalue weighted by molar-refractivity contribution is -0.129. The van der Waals surface area contributed by atoms with Crippen molar-refractivity contribution >= 4 is 22.8 Å². The summed E-state index contributed by atoms with van der Waals surface area (Å²) < 4.78 is 18.8. The van der Waals surface area contributed by atoms with Gasteiger partial charge >= 0.3 is 5.97 Å². The topological polar surface area (TPSA) is 83.6 Å². The van der Waals surface area contributed by atoms with Crippen LogP contribution in [-0.4, -0.2) is 40.1 Å². The third-order valence-corrected chi connectivity index (χ3v) is 5.19. The quantitative estimate of drug-likeness (QED) is 0.732. The van der Waals surface area contributed by atoms with Crippen molar-refractivity contribution in [2.24, 2.45) is 5.92 Å². The van der Waals surface area contributed by atoms with Crippen LogP contribution in [0.4, 0.5) is 4.39 Å². The predicted octanol–water partition coefficient (Wildman–Crippen LogP) is 3.30. The van der Waals surface area contributed by atoms with E-state index in [1.165, 1.54) is 12.1 Å². The SMILES string of the molecule is O=C(O)c1cc(CC2CCN(C(=O)Cc3noc4ccccc34)C2)ccc1F. The van der Waals surface area contributed by atoms with Gasteiger partial charge in [0.15, 0.2) is 5.58 Å². The molecule has 0 spiro atoms. The first-order valence-corrected chi connectivity index (χ1v) is 9.14. The van der Waals surface area contributed by atoms with Crippen LogP contribution in [0.2, 0.25) is 0 Å². The highest BCUT2D eigenvalue weighted by molar-refractivity contribution is 5.88. The van der Waals surface area contributed by atoms with E-state index in [-0.39, 0.29) is 23.8 Å². The van der Waals surface area contributed by atoms with Crippen LogP contribution in [0.15, 0.2) is 47.0 Å². The first kappa shape index (κ1) is 18.2. The summed E-state index contributed by atoms with van der Waals surface area (Å²) >= 11 is 0. The molecule has 1 aliphatic heterocycles. The van der Waals surface area contributed by atoms with E-state index in [9.17, 15) is 14.0 Å². The van der Waals surface area contributed by atoms with E-state index < -0.39 is 11.8 Å². The number of benzene rings is 2. The molecule has 1 aromatic heterocycles. The minimum absolute atomic E-state index is 0.00751. The normalized spacial score (nSPS) is 16.6. The van der Waals surface area contributed by atoms with Gasteiger partial charge in [0.05, 0.1) is 12.0 Å². The van der Waals surface area contributed by atoms with Crippen molar-refractivity contribution in [2.45, 2.75) is 19.3 Å². The number of nitrogens with zero attached hydrogens (tertiary/aromatic N) is 2. The highest BCUT2D eigenvalue weighted by Gasteiger charge is 2.27. The monoisotopic (exact) mass is 382 g/mol. The summed E-state index contributed by atoms with van der Waals surface area (Å²) in [5.41, 5.74) is 1.74. The number of halogens is 1. The number of para-hydroxylation sites is 1. The Morgan fingerprint density at radius 2 is 2.07 bits per heavy atom. The van der Waals surface area contributed by atoms with Crippen molar-refractivity contribution in [1.82, 2.24) is 10.1 Å². The number of carboxylic acid groups (broad SMARTS) is 1. The van der Waals surface area contributed by atoms with Crippen LogP contribution in [0.5, 0.6) is 0 Å². The van der Waals surface area contributed by atoms with E-state index >= 15 is 0 Å². The number of hydrogen-bond donors (Lipinski definition) is 1. The summed E-state index contributed by atoms with van der Waals surface area (Å²) in [5, 5.41) is 13.9. The number of fused-ring (bicyclic) bond motifs is 1. The predicted molar refractivity (Wildman–Crippen MR) is 99.5 cm³/mol. The van der Waals surface area contributed by atoms with E-state index in [0.29, 0.717) is 30.8 Å². The van der Waals surface area contributed by atoms with Gasteiger partial charge in [-0.15, -0.1) is 0 Å². The lowest BCUT2D eigenvalue weighted by Gasteiger charge is -2.16. The number of likely N-dealkylation sites (tertiary alicyclic amines) is 1. The largest absolute Gasteiger partial charge is 0.478 e. The van der Waals surface area contributed by atoms with Gasteiger partial charge < -0.3 is 14.5 Å². The summed E-state index contributed by atoms with van der Waals surface area (Å²) in [6.45, 7) is 1.24. The van der Waals surface area contributed by atoms with Crippen molar-refractivity contribution in [3.63, 3.8) is 0 Å². The molecule has 1 amide bonds. The fourth-order valence-corrected chi connectivity index (χ4v) is 3.74. The number of amides is 1. The average Bonchev–Trinajstić information content (AvgIpc) is 3.31. The van der Waals surface area contributed by atoms with Crippen LogP contribution in [-0.2, 0) is 17.6 Å². The van der Waals surface area contributed by atoms with Gasteiger partial charge in [-0.3, -0.25) is 4.79 Å². The Morgan fingerprint density at radius 3 is 2.89 bits per heavy atom. The molecule has 0 bridgehead atoms. The Labute approximate surface area is 160 Å². The Balaban J connectivity index is 1.39. The molecule has 3 aromatic rings. The molecule has 144 valence electrons. The molecule has 2 aromatic carbocycles. The fourth-order valence-electron chi connectivity index (χ4n) is 3.74. The van der Waals surface area contributed by atoms with Crippen molar-refractivity contribution in [3.8, 4) is 0 Å². The fraction of sp³-hybridized carbons (Fsp3) is 0.286. The maximum atomic E-state index is 13.5. The molecular weight excluding hydrogens is 363 g/mol. The van der Waals surface area contributed by atoms with Gasteiger partial charge in [-0.05, 0) is 48.6 Å². The van der Waals surface area contributed by atoms with E-state index in [2.05, 4.69) is 5.16 Å². The summed E-state index contributed by atoms with van der Waals surface area (Å²) in [6.07, 6.45) is 1.62. The van der Waals surface area contributed by atoms with Gasteiger partial charge in [0, 0.05) is 18.5 Å². The minimum atomic E-state index is -1.28. The van der Waals surface area contributed by atoms with E-state index in [4.69, 9.17) is 9.63 Å². The standard InChI is InChI=1S/C21H19FN2O4/c22-17-6-5-13(10-16(17)21(26)27)9-14-7-8-24(12-14)20(25)11-18-15-3-1-2-4-19(15)28-23-18/h1-6,10,14H,7-9,11-12H2,(H,26,27). The molecule has 1 fully saturated rings. The maximum absolute atomic E-state index is 13.5. The van der Waals surface area contributed by atoms with Crippen LogP contribution in [0.3, 0.4) is 0 Å². The molecule has 0 saturated carbocycles. The van der Waals surface area contributed by atoms with Gasteiger partial charge in [-0.1, -0.05) is 23.4 Å². The number of aromatic nitrogens is 1. The Morgan fingerprint density at radius 1 is 1.25 bits per heavy atom. The molecule has 1 N–H and O–H groups in total. The van der Waals surface area contributed by atoms with Gasteiger partial charge in [-0.2, -0.15) is 0 Å². The Bertz CT molecular complexity index is 1050. The minimum Gasteiger partial charge on any atom is -0.478 e. The number of carbonyl (C=O) groups is 2. The number of hydrogen-bond acceptors (Lipinski definition) is 4. The highest BCUT2D eigenvalue weighted by Crippen LogP contribution is 2.24. The molecule has 1 saturated heterocycles. The van der Waals surface area contributed by atoms with Gasteiger partial charge in [0.1, 0.15) is 11.5 Å². The van der Waals surface area contributed by atoms with Crippen molar-refractivity contribution in [1.29, 1.82) is 0 Å².